The lowest BCUT2D eigenvalue weighted by Crippen LogP contribution is -2.71. The molecule has 3 atom stereocenters. The Kier molecular flexibility index (Phi) is 3.84. The quantitative estimate of drug-likeness (QED) is 0.542. The summed E-state index contributed by atoms with van der Waals surface area (Å²) in [7, 11) is 0. The molecule has 7 fully saturated rings. The van der Waals surface area contributed by atoms with Crippen molar-refractivity contribution < 1.29 is 28.4 Å². The second kappa shape index (κ2) is 5.89. The van der Waals surface area contributed by atoms with Crippen molar-refractivity contribution in [3.05, 3.63) is 0 Å². The first-order chi connectivity index (χ1) is 13.0. The van der Waals surface area contributed by atoms with Crippen LogP contribution in [0.2, 0.25) is 0 Å². The Bertz CT molecular complexity index is 509. The van der Waals surface area contributed by atoms with Gasteiger partial charge in [0.1, 0.15) is 18.3 Å². The van der Waals surface area contributed by atoms with Gasteiger partial charge in [-0.2, -0.15) is 0 Å². The Morgan fingerprint density at radius 3 is 1.22 bits per heavy atom. The summed E-state index contributed by atoms with van der Waals surface area (Å²) in [5.41, 5.74) is -0.142. The van der Waals surface area contributed by atoms with Gasteiger partial charge in [0.15, 0.2) is 0 Å². The van der Waals surface area contributed by atoms with Crippen LogP contribution in [0.3, 0.4) is 0 Å². The summed E-state index contributed by atoms with van der Waals surface area (Å²) in [6, 6.07) is 0. The van der Waals surface area contributed by atoms with E-state index in [1.807, 2.05) is 0 Å². The number of ether oxygens (including phenoxy) is 6. The molecule has 3 unspecified atom stereocenters. The minimum absolute atomic E-state index is 0.133. The first kappa shape index (κ1) is 17.6. The fourth-order valence-corrected chi connectivity index (χ4v) is 6.70. The second-order valence-corrected chi connectivity index (χ2v) is 10.3. The van der Waals surface area contributed by atoms with Gasteiger partial charge in [-0.05, 0) is 24.7 Å². The maximum absolute atomic E-state index is 6.64. The van der Waals surface area contributed by atoms with Crippen LogP contribution in [0.1, 0.15) is 51.9 Å². The van der Waals surface area contributed by atoms with Crippen molar-refractivity contribution >= 4 is 0 Å². The Labute approximate surface area is 161 Å². The van der Waals surface area contributed by atoms with Crippen LogP contribution in [0.25, 0.3) is 0 Å². The van der Waals surface area contributed by atoms with Gasteiger partial charge in [0.25, 0.3) is 0 Å². The molecule has 7 rings (SSSR count). The number of rotatable bonds is 10. The van der Waals surface area contributed by atoms with Crippen LogP contribution < -0.4 is 0 Å². The minimum Gasteiger partial charge on any atom is -0.372 e. The van der Waals surface area contributed by atoms with Gasteiger partial charge in [-0.3, -0.25) is 0 Å². The van der Waals surface area contributed by atoms with Gasteiger partial charge in [0.2, 0.25) is 0 Å². The summed E-state index contributed by atoms with van der Waals surface area (Å²) in [6.07, 6.45) is 8.44. The molecule has 27 heavy (non-hydrogen) atoms. The molecule has 0 aromatic heterocycles. The van der Waals surface area contributed by atoms with Crippen molar-refractivity contribution in [3.63, 3.8) is 0 Å². The SMILES string of the molecule is CCC12CC3(OCC4CO4)CC(OCC4CO4)(C1)CC(OCC1CO1)(C2)C3. The maximum atomic E-state index is 6.64. The van der Waals surface area contributed by atoms with Gasteiger partial charge in [-0.15, -0.1) is 0 Å². The third-order valence-corrected chi connectivity index (χ3v) is 7.71. The van der Waals surface area contributed by atoms with Gasteiger partial charge in [-0.25, -0.2) is 0 Å². The minimum atomic E-state index is -0.133. The molecule has 4 bridgehead atoms. The van der Waals surface area contributed by atoms with E-state index in [0.29, 0.717) is 38.1 Å². The first-order valence-electron chi connectivity index (χ1n) is 10.8. The average Bonchev–Trinajstić information content (AvgIpc) is 3.48. The van der Waals surface area contributed by atoms with E-state index in [4.69, 9.17) is 28.4 Å². The normalized spacial score (nSPS) is 54.3. The topological polar surface area (TPSA) is 65.3 Å². The van der Waals surface area contributed by atoms with E-state index in [1.165, 1.54) is 0 Å². The molecule has 3 heterocycles. The van der Waals surface area contributed by atoms with Crippen molar-refractivity contribution in [1.82, 2.24) is 0 Å². The van der Waals surface area contributed by atoms with Crippen molar-refractivity contribution in [2.24, 2.45) is 5.41 Å². The van der Waals surface area contributed by atoms with E-state index in [-0.39, 0.29) is 22.2 Å². The van der Waals surface area contributed by atoms with Crippen LogP contribution in [0.15, 0.2) is 0 Å². The van der Waals surface area contributed by atoms with Crippen molar-refractivity contribution in [3.8, 4) is 0 Å². The number of epoxide rings is 3. The maximum Gasteiger partial charge on any atom is 0.104 e. The Hall–Kier alpha value is -0.240. The van der Waals surface area contributed by atoms with Crippen molar-refractivity contribution in [1.29, 1.82) is 0 Å². The largest absolute Gasteiger partial charge is 0.372 e. The Morgan fingerprint density at radius 2 is 0.963 bits per heavy atom. The smallest absolute Gasteiger partial charge is 0.104 e. The predicted octanol–water partition coefficient (Wildman–Crippen LogP) is 2.23. The van der Waals surface area contributed by atoms with Crippen LogP contribution >= 0.6 is 0 Å². The summed E-state index contributed by atoms with van der Waals surface area (Å²) >= 11 is 0. The molecule has 0 amide bonds. The standard InChI is InChI=1S/C21H32O6/c1-2-18-9-19(25-6-15-3-22-15)12-20(10-18,26-7-16-4-23-16)14-21(11-18,13-19)27-8-17-5-24-17/h15-17H,2-14H2,1H3. The molecule has 0 N–H and O–H groups in total. The Balaban J connectivity index is 1.29. The van der Waals surface area contributed by atoms with Crippen molar-refractivity contribution in [2.75, 3.05) is 39.6 Å². The summed E-state index contributed by atoms with van der Waals surface area (Å²) in [6.45, 7) is 7.00. The summed E-state index contributed by atoms with van der Waals surface area (Å²) in [4.78, 5) is 0. The lowest BCUT2D eigenvalue weighted by atomic mass is 9.44. The second-order valence-electron chi connectivity index (χ2n) is 10.3. The van der Waals surface area contributed by atoms with E-state index >= 15 is 0 Å². The molecule has 4 aliphatic carbocycles. The number of hydrogen-bond donors (Lipinski definition) is 0. The highest BCUT2D eigenvalue weighted by atomic mass is 16.6. The molecule has 6 nitrogen and oxygen atoms in total. The van der Waals surface area contributed by atoms with Gasteiger partial charge in [-0.1, -0.05) is 13.3 Å². The summed E-state index contributed by atoms with van der Waals surface area (Å²) in [5, 5.41) is 0. The molecule has 3 saturated heterocycles. The van der Waals surface area contributed by atoms with E-state index < -0.39 is 0 Å². The third-order valence-electron chi connectivity index (χ3n) is 7.71. The molecule has 0 aromatic rings. The lowest BCUT2D eigenvalue weighted by Gasteiger charge is -2.69. The van der Waals surface area contributed by atoms with E-state index in [0.717, 1.165) is 64.8 Å². The average molecular weight is 380 g/mol. The highest BCUT2D eigenvalue weighted by molar-refractivity contribution is 5.21. The molecule has 0 spiro atoms. The van der Waals surface area contributed by atoms with E-state index in [2.05, 4.69) is 6.92 Å². The van der Waals surface area contributed by atoms with E-state index in [1.54, 1.807) is 0 Å². The molecule has 3 aliphatic heterocycles. The van der Waals surface area contributed by atoms with Crippen LogP contribution in [-0.2, 0) is 28.4 Å². The van der Waals surface area contributed by atoms with Gasteiger partial charge in [0.05, 0.1) is 56.4 Å². The van der Waals surface area contributed by atoms with Crippen LogP contribution in [0.4, 0.5) is 0 Å². The number of hydrogen-bond acceptors (Lipinski definition) is 6. The van der Waals surface area contributed by atoms with E-state index in [9.17, 15) is 0 Å². The molecule has 7 aliphatic rings. The van der Waals surface area contributed by atoms with Gasteiger partial charge < -0.3 is 28.4 Å². The highest BCUT2D eigenvalue weighted by Crippen LogP contribution is 2.68. The first-order valence-corrected chi connectivity index (χ1v) is 10.8. The summed E-state index contributed by atoms with van der Waals surface area (Å²) in [5.74, 6) is 0. The fourth-order valence-electron chi connectivity index (χ4n) is 6.70. The third kappa shape index (κ3) is 3.36. The molecule has 0 aromatic carbocycles. The molecule has 4 saturated carbocycles. The molecular formula is C21H32O6. The molecule has 6 heteroatoms. The lowest BCUT2D eigenvalue weighted by molar-refractivity contribution is -0.314. The molecular weight excluding hydrogens is 348 g/mol. The highest BCUT2D eigenvalue weighted by Gasteiger charge is 2.70. The predicted molar refractivity (Wildman–Crippen MR) is 95.7 cm³/mol. The van der Waals surface area contributed by atoms with Crippen LogP contribution in [0.5, 0.6) is 0 Å². The zero-order valence-electron chi connectivity index (χ0n) is 16.4. The zero-order chi connectivity index (χ0) is 18.2. The monoisotopic (exact) mass is 380 g/mol. The van der Waals surface area contributed by atoms with Crippen molar-refractivity contribution in [2.45, 2.75) is 87.0 Å². The van der Waals surface area contributed by atoms with Gasteiger partial charge in [0, 0.05) is 19.3 Å². The Morgan fingerprint density at radius 1 is 0.630 bits per heavy atom. The fraction of sp³-hybridized carbons (Fsp3) is 1.00. The van der Waals surface area contributed by atoms with Gasteiger partial charge >= 0.3 is 0 Å². The summed E-state index contributed by atoms with van der Waals surface area (Å²) < 4.78 is 36.2. The van der Waals surface area contributed by atoms with Crippen LogP contribution in [-0.4, -0.2) is 74.8 Å². The molecule has 152 valence electrons. The zero-order valence-corrected chi connectivity index (χ0v) is 16.4. The molecule has 0 radical (unpaired) electrons. The van der Waals surface area contributed by atoms with Crippen LogP contribution in [0, 0.1) is 5.41 Å².